The normalized spacial score (nSPS) is 12.1. The minimum absolute atomic E-state index is 0.154. The predicted octanol–water partition coefficient (Wildman–Crippen LogP) is 1.35. The van der Waals surface area contributed by atoms with E-state index in [1.807, 2.05) is 18.2 Å². The Morgan fingerprint density at radius 3 is 3.00 bits per heavy atom. The maximum absolute atomic E-state index is 11.2. The highest BCUT2D eigenvalue weighted by atomic mass is 16.5. The van der Waals surface area contributed by atoms with Crippen molar-refractivity contribution in [3.8, 4) is 17.0 Å². The third-order valence-electron chi connectivity index (χ3n) is 2.84. The van der Waals surface area contributed by atoms with Crippen molar-refractivity contribution in [1.29, 1.82) is 0 Å². The van der Waals surface area contributed by atoms with Crippen molar-refractivity contribution in [2.24, 2.45) is 0 Å². The van der Waals surface area contributed by atoms with Crippen LogP contribution in [-0.2, 0) is 6.42 Å². The van der Waals surface area contributed by atoms with Crippen LogP contribution in [0, 0.1) is 0 Å². The van der Waals surface area contributed by atoms with Crippen molar-refractivity contribution in [3.05, 3.63) is 45.7 Å². The van der Waals surface area contributed by atoms with Crippen LogP contribution in [-0.4, -0.2) is 17.3 Å². The number of nitrogens with zero attached hydrogens (tertiary/aromatic N) is 1. The highest BCUT2D eigenvalue weighted by Crippen LogP contribution is 2.35. The Labute approximate surface area is 91.9 Å². The summed E-state index contributed by atoms with van der Waals surface area (Å²) in [4.78, 5) is 11.2. The van der Waals surface area contributed by atoms with E-state index < -0.39 is 0 Å². The van der Waals surface area contributed by atoms with E-state index in [9.17, 15) is 4.79 Å². The predicted molar refractivity (Wildman–Crippen MR) is 59.7 cm³/mol. The maximum atomic E-state index is 11.2. The first-order valence-electron chi connectivity index (χ1n) is 5.04. The molecule has 1 aromatic carbocycles. The van der Waals surface area contributed by atoms with Crippen LogP contribution in [0.25, 0.3) is 11.3 Å². The van der Waals surface area contributed by atoms with E-state index in [0.717, 1.165) is 34.6 Å². The Kier molecular flexibility index (Phi) is 1.83. The average molecular weight is 214 g/mol. The summed E-state index contributed by atoms with van der Waals surface area (Å²) in [7, 11) is 1.64. The molecule has 0 aliphatic heterocycles. The van der Waals surface area contributed by atoms with Gasteiger partial charge in [0.2, 0.25) is 0 Å². The van der Waals surface area contributed by atoms with Gasteiger partial charge < -0.3 is 4.74 Å². The number of hydrogen-bond donors (Lipinski definition) is 1. The maximum Gasteiger partial charge on any atom is 0.264 e. The van der Waals surface area contributed by atoms with Gasteiger partial charge in [0.25, 0.3) is 5.56 Å². The molecule has 3 rings (SSSR count). The molecule has 0 atom stereocenters. The van der Waals surface area contributed by atoms with Crippen molar-refractivity contribution in [2.45, 2.75) is 6.42 Å². The summed E-state index contributed by atoms with van der Waals surface area (Å²) in [5.41, 5.74) is 3.93. The van der Waals surface area contributed by atoms with E-state index in [-0.39, 0.29) is 5.56 Å². The number of H-pyrrole nitrogens is 1. The summed E-state index contributed by atoms with van der Waals surface area (Å²) >= 11 is 0. The summed E-state index contributed by atoms with van der Waals surface area (Å²) in [6, 6.07) is 7.47. The molecule has 0 unspecified atom stereocenters. The van der Waals surface area contributed by atoms with Crippen LogP contribution in [0.1, 0.15) is 11.1 Å². The average Bonchev–Trinajstić information content (AvgIpc) is 2.64. The molecule has 0 spiro atoms. The molecule has 0 saturated heterocycles. The Bertz CT molecular complexity index is 617. The molecule has 0 radical (unpaired) electrons. The van der Waals surface area contributed by atoms with E-state index in [1.54, 1.807) is 13.2 Å². The van der Waals surface area contributed by atoms with Crippen molar-refractivity contribution < 1.29 is 4.74 Å². The molecule has 1 heterocycles. The lowest BCUT2D eigenvalue weighted by atomic mass is 10.1. The Hall–Kier alpha value is -2.10. The molecular formula is C12H10N2O2. The number of aromatic nitrogens is 2. The molecule has 1 N–H and O–H groups in total. The second-order valence-corrected chi connectivity index (χ2v) is 3.81. The first-order valence-corrected chi connectivity index (χ1v) is 5.04. The van der Waals surface area contributed by atoms with Crippen molar-refractivity contribution in [2.75, 3.05) is 7.11 Å². The summed E-state index contributed by atoms with van der Waals surface area (Å²) in [5.74, 6) is 0.831. The van der Waals surface area contributed by atoms with E-state index in [1.165, 1.54) is 0 Å². The van der Waals surface area contributed by atoms with Gasteiger partial charge in [-0.1, -0.05) is 0 Å². The van der Waals surface area contributed by atoms with Gasteiger partial charge in [-0.25, -0.2) is 5.10 Å². The fourth-order valence-corrected chi connectivity index (χ4v) is 2.09. The van der Waals surface area contributed by atoms with Gasteiger partial charge in [0.15, 0.2) is 0 Å². The SMILES string of the molecule is COc1ccc2c(c1)Cc1cc(=O)[nH]nc1-2. The van der Waals surface area contributed by atoms with E-state index in [0.29, 0.717) is 0 Å². The number of methoxy groups -OCH3 is 1. The van der Waals surface area contributed by atoms with Gasteiger partial charge in [0.1, 0.15) is 5.75 Å². The zero-order valence-corrected chi connectivity index (χ0v) is 8.78. The minimum Gasteiger partial charge on any atom is -0.497 e. The summed E-state index contributed by atoms with van der Waals surface area (Å²) in [5, 5.41) is 6.54. The number of hydrogen-bond acceptors (Lipinski definition) is 3. The number of ether oxygens (including phenoxy) is 1. The lowest BCUT2D eigenvalue weighted by Gasteiger charge is -2.02. The van der Waals surface area contributed by atoms with Gasteiger partial charge >= 0.3 is 0 Å². The lowest BCUT2D eigenvalue weighted by molar-refractivity contribution is 0.414. The third kappa shape index (κ3) is 1.23. The second-order valence-electron chi connectivity index (χ2n) is 3.81. The van der Waals surface area contributed by atoms with Crippen LogP contribution < -0.4 is 10.3 Å². The standard InChI is InChI=1S/C12H10N2O2/c1-16-9-2-3-10-7(5-9)4-8-6-11(15)13-14-12(8)10/h2-3,5-6H,4H2,1H3,(H,13,15). The van der Waals surface area contributed by atoms with Gasteiger partial charge in [0, 0.05) is 18.1 Å². The highest BCUT2D eigenvalue weighted by Gasteiger charge is 2.20. The van der Waals surface area contributed by atoms with Gasteiger partial charge in [-0.2, -0.15) is 5.10 Å². The first kappa shape index (κ1) is 9.15. The molecule has 80 valence electrons. The quantitative estimate of drug-likeness (QED) is 0.665. The molecule has 1 aromatic heterocycles. The van der Waals surface area contributed by atoms with E-state index >= 15 is 0 Å². The Morgan fingerprint density at radius 1 is 1.31 bits per heavy atom. The topological polar surface area (TPSA) is 55.0 Å². The highest BCUT2D eigenvalue weighted by molar-refractivity contribution is 5.73. The number of fused-ring (bicyclic) bond motifs is 3. The fraction of sp³-hybridized carbons (Fsp3) is 0.167. The molecule has 0 fully saturated rings. The third-order valence-corrected chi connectivity index (χ3v) is 2.84. The summed E-state index contributed by atoms with van der Waals surface area (Å²) in [6.45, 7) is 0. The Morgan fingerprint density at radius 2 is 2.19 bits per heavy atom. The molecule has 4 heteroatoms. The number of rotatable bonds is 1. The molecule has 0 amide bonds. The van der Waals surface area contributed by atoms with Gasteiger partial charge in [-0.3, -0.25) is 4.79 Å². The van der Waals surface area contributed by atoms with Crippen LogP contribution in [0.15, 0.2) is 29.1 Å². The van der Waals surface area contributed by atoms with E-state index in [4.69, 9.17) is 4.74 Å². The van der Waals surface area contributed by atoms with E-state index in [2.05, 4.69) is 10.2 Å². The van der Waals surface area contributed by atoms with Crippen LogP contribution in [0.5, 0.6) is 5.75 Å². The first-order chi connectivity index (χ1) is 7.78. The zero-order valence-electron chi connectivity index (χ0n) is 8.78. The monoisotopic (exact) mass is 214 g/mol. The smallest absolute Gasteiger partial charge is 0.264 e. The zero-order chi connectivity index (χ0) is 11.1. The van der Waals surface area contributed by atoms with Gasteiger partial charge in [-0.05, 0) is 29.3 Å². The second kappa shape index (κ2) is 3.20. The minimum atomic E-state index is -0.154. The molecule has 2 aromatic rings. The van der Waals surface area contributed by atoms with Crippen LogP contribution in [0.4, 0.5) is 0 Å². The molecule has 1 aliphatic carbocycles. The van der Waals surface area contributed by atoms with Crippen LogP contribution in [0.2, 0.25) is 0 Å². The lowest BCUT2D eigenvalue weighted by Crippen LogP contribution is -2.07. The summed E-state index contributed by atoms with van der Waals surface area (Å²) < 4.78 is 5.17. The summed E-state index contributed by atoms with van der Waals surface area (Å²) in [6.07, 6.45) is 0.749. The molecule has 0 saturated carbocycles. The fourth-order valence-electron chi connectivity index (χ4n) is 2.09. The van der Waals surface area contributed by atoms with Crippen LogP contribution in [0.3, 0.4) is 0 Å². The molecule has 4 nitrogen and oxygen atoms in total. The number of nitrogens with one attached hydrogen (secondary N) is 1. The van der Waals surface area contributed by atoms with Gasteiger partial charge in [0.05, 0.1) is 12.8 Å². The largest absolute Gasteiger partial charge is 0.497 e. The number of aromatic amines is 1. The van der Waals surface area contributed by atoms with Crippen LogP contribution >= 0.6 is 0 Å². The van der Waals surface area contributed by atoms with Crippen molar-refractivity contribution in [3.63, 3.8) is 0 Å². The number of benzene rings is 1. The molecular weight excluding hydrogens is 204 g/mol. The molecule has 1 aliphatic rings. The molecule has 16 heavy (non-hydrogen) atoms. The van der Waals surface area contributed by atoms with Gasteiger partial charge in [-0.15, -0.1) is 0 Å². The van der Waals surface area contributed by atoms with Crippen molar-refractivity contribution in [1.82, 2.24) is 10.2 Å². The Balaban J connectivity index is 2.19. The van der Waals surface area contributed by atoms with Crippen molar-refractivity contribution >= 4 is 0 Å². The molecule has 0 bridgehead atoms.